The number of rotatable bonds is 8. The van der Waals surface area contributed by atoms with Crippen LogP contribution in [-0.2, 0) is 9.47 Å². The largest absolute Gasteiger partial charge is 0.465 e. The van der Waals surface area contributed by atoms with E-state index in [0.717, 1.165) is 49.5 Å². The Morgan fingerprint density at radius 2 is 1.00 bits per heavy atom. The van der Waals surface area contributed by atoms with Gasteiger partial charge in [-0.05, 0) is 95.1 Å². The SMILES string of the molecule is COC(=O)c1cccc(Nc2ccc(-c3ccc(Nc4cccc(C(=O)OC)c4)cc3-c3ccc(Br)cc3)cc2)c1. The zero-order valence-corrected chi connectivity index (χ0v) is 24.1. The number of carbonyl (C=O) groups excluding carboxylic acids is 2. The second-order valence-electron chi connectivity index (χ2n) is 9.24. The number of benzene rings is 5. The summed E-state index contributed by atoms with van der Waals surface area (Å²) in [6.45, 7) is 0. The standard InChI is InChI=1S/C34H27BrN2O4/c1-40-33(38)24-5-3-7-28(19-24)36-27-15-11-22(12-16-27)31-18-17-30(21-32(31)23-9-13-26(35)14-10-23)37-29-8-4-6-25(20-29)34(39)41-2/h3-21,36-37H,1-2H3. The fraction of sp³-hybridized carbons (Fsp3) is 0.0588. The number of esters is 2. The molecule has 0 spiro atoms. The molecule has 0 fully saturated rings. The number of halogens is 1. The first-order valence-corrected chi connectivity index (χ1v) is 13.6. The number of methoxy groups -OCH3 is 2. The van der Waals surface area contributed by atoms with Crippen LogP contribution in [0.2, 0.25) is 0 Å². The molecule has 0 bridgehead atoms. The minimum Gasteiger partial charge on any atom is -0.465 e. The maximum Gasteiger partial charge on any atom is 0.337 e. The van der Waals surface area contributed by atoms with Gasteiger partial charge in [-0.1, -0.05) is 58.4 Å². The number of nitrogens with one attached hydrogen (secondary N) is 2. The fourth-order valence-corrected chi connectivity index (χ4v) is 4.76. The van der Waals surface area contributed by atoms with Gasteiger partial charge in [-0.25, -0.2) is 9.59 Å². The van der Waals surface area contributed by atoms with Crippen LogP contribution < -0.4 is 10.6 Å². The molecule has 2 N–H and O–H groups in total. The molecule has 5 aromatic rings. The number of ether oxygens (including phenoxy) is 2. The van der Waals surface area contributed by atoms with Crippen LogP contribution in [-0.4, -0.2) is 26.2 Å². The summed E-state index contributed by atoms with van der Waals surface area (Å²) in [7, 11) is 2.74. The van der Waals surface area contributed by atoms with E-state index < -0.39 is 0 Å². The highest BCUT2D eigenvalue weighted by Gasteiger charge is 2.12. The highest BCUT2D eigenvalue weighted by molar-refractivity contribution is 9.10. The van der Waals surface area contributed by atoms with Crippen molar-refractivity contribution in [2.75, 3.05) is 24.9 Å². The molecule has 0 amide bonds. The van der Waals surface area contributed by atoms with Crippen LogP contribution in [0.4, 0.5) is 22.7 Å². The van der Waals surface area contributed by atoms with Gasteiger partial charge in [0, 0.05) is 27.2 Å². The predicted octanol–water partition coefficient (Wildman–Crippen LogP) is 8.84. The zero-order chi connectivity index (χ0) is 28.8. The Hall–Kier alpha value is -4.88. The van der Waals surface area contributed by atoms with E-state index in [1.165, 1.54) is 14.2 Å². The Bertz CT molecular complexity index is 1700. The summed E-state index contributed by atoms with van der Waals surface area (Å²) in [5.74, 6) is -0.757. The summed E-state index contributed by atoms with van der Waals surface area (Å²) in [6, 6.07) is 37.0. The minimum absolute atomic E-state index is 0.376. The fourth-order valence-electron chi connectivity index (χ4n) is 4.49. The molecular weight excluding hydrogens is 580 g/mol. The van der Waals surface area contributed by atoms with E-state index in [1.54, 1.807) is 24.3 Å². The van der Waals surface area contributed by atoms with Crippen LogP contribution in [0.3, 0.4) is 0 Å². The first-order valence-electron chi connectivity index (χ1n) is 12.8. The summed E-state index contributed by atoms with van der Waals surface area (Å²) in [5, 5.41) is 6.77. The molecule has 204 valence electrons. The van der Waals surface area contributed by atoms with Gasteiger partial charge in [0.1, 0.15) is 0 Å². The van der Waals surface area contributed by atoms with Crippen LogP contribution in [0.15, 0.2) is 120 Å². The summed E-state index contributed by atoms with van der Waals surface area (Å²) in [4.78, 5) is 23.9. The molecule has 0 aliphatic rings. The summed E-state index contributed by atoms with van der Waals surface area (Å²) >= 11 is 3.53. The van der Waals surface area contributed by atoms with Crippen LogP contribution in [0.5, 0.6) is 0 Å². The Labute approximate surface area is 247 Å². The smallest absolute Gasteiger partial charge is 0.337 e. The van der Waals surface area contributed by atoms with Gasteiger partial charge in [0.25, 0.3) is 0 Å². The summed E-state index contributed by atoms with van der Waals surface area (Å²) in [6.07, 6.45) is 0. The average Bonchev–Trinajstić information content (AvgIpc) is 3.01. The van der Waals surface area contributed by atoms with Gasteiger partial charge in [0.05, 0.1) is 25.3 Å². The molecular formula is C34H27BrN2O4. The molecule has 5 aromatic carbocycles. The van der Waals surface area contributed by atoms with Crippen LogP contribution in [0.1, 0.15) is 20.7 Å². The van der Waals surface area contributed by atoms with Crippen molar-refractivity contribution < 1.29 is 19.1 Å². The number of anilines is 4. The first-order chi connectivity index (χ1) is 19.9. The molecule has 0 radical (unpaired) electrons. The third-order valence-corrected chi connectivity index (χ3v) is 7.04. The molecule has 0 atom stereocenters. The third kappa shape index (κ3) is 6.65. The molecule has 41 heavy (non-hydrogen) atoms. The van der Waals surface area contributed by atoms with E-state index in [-0.39, 0.29) is 11.9 Å². The zero-order valence-electron chi connectivity index (χ0n) is 22.5. The van der Waals surface area contributed by atoms with Crippen LogP contribution >= 0.6 is 15.9 Å². The molecule has 0 aliphatic carbocycles. The lowest BCUT2D eigenvalue weighted by atomic mass is 9.94. The maximum absolute atomic E-state index is 12.0. The maximum atomic E-state index is 12.0. The molecule has 0 unspecified atom stereocenters. The van der Waals surface area contributed by atoms with E-state index in [2.05, 4.69) is 63.0 Å². The highest BCUT2D eigenvalue weighted by atomic mass is 79.9. The quantitative estimate of drug-likeness (QED) is 0.172. The Kier molecular flexibility index (Phi) is 8.46. The lowest BCUT2D eigenvalue weighted by Crippen LogP contribution is -2.02. The second kappa shape index (κ2) is 12.5. The van der Waals surface area contributed by atoms with Gasteiger partial charge >= 0.3 is 11.9 Å². The highest BCUT2D eigenvalue weighted by Crippen LogP contribution is 2.36. The second-order valence-corrected chi connectivity index (χ2v) is 10.2. The Morgan fingerprint density at radius 3 is 1.56 bits per heavy atom. The summed E-state index contributed by atoms with van der Waals surface area (Å²) in [5.41, 5.74) is 8.57. The van der Waals surface area contributed by atoms with Crippen molar-refractivity contribution in [2.45, 2.75) is 0 Å². The molecule has 6 nitrogen and oxygen atoms in total. The van der Waals surface area contributed by atoms with Gasteiger partial charge < -0.3 is 20.1 Å². The molecule has 0 aliphatic heterocycles. The predicted molar refractivity (Wildman–Crippen MR) is 167 cm³/mol. The molecule has 0 aromatic heterocycles. The van der Waals surface area contributed by atoms with Gasteiger partial charge in [0.2, 0.25) is 0 Å². The topological polar surface area (TPSA) is 76.7 Å². The van der Waals surface area contributed by atoms with E-state index >= 15 is 0 Å². The number of hydrogen-bond acceptors (Lipinski definition) is 6. The van der Waals surface area contributed by atoms with Crippen molar-refractivity contribution in [3.63, 3.8) is 0 Å². The van der Waals surface area contributed by atoms with E-state index in [1.807, 2.05) is 54.6 Å². The van der Waals surface area contributed by atoms with Crippen molar-refractivity contribution in [1.29, 1.82) is 0 Å². The summed E-state index contributed by atoms with van der Waals surface area (Å²) < 4.78 is 10.7. The van der Waals surface area contributed by atoms with Gasteiger partial charge in [0.15, 0.2) is 0 Å². The van der Waals surface area contributed by atoms with Gasteiger partial charge in [-0.3, -0.25) is 0 Å². The van der Waals surface area contributed by atoms with Gasteiger partial charge in [-0.2, -0.15) is 0 Å². The van der Waals surface area contributed by atoms with Crippen LogP contribution in [0, 0.1) is 0 Å². The molecule has 7 heteroatoms. The Morgan fingerprint density at radius 1 is 0.537 bits per heavy atom. The number of carbonyl (C=O) groups is 2. The average molecular weight is 608 g/mol. The monoisotopic (exact) mass is 606 g/mol. The molecule has 0 saturated carbocycles. The Balaban J connectivity index is 1.45. The normalized spacial score (nSPS) is 10.5. The van der Waals surface area contributed by atoms with Crippen molar-refractivity contribution in [2.24, 2.45) is 0 Å². The van der Waals surface area contributed by atoms with Crippen molar-refractivity contribution >= 4 is 50.6 Å². The molecule has 0 saturated heterocycles. The van der Waals surface area contributed by atoms with E-state index in [9.17, 15) is 9.59 Å². The van der Waals surface area contributed by atoms with E-state index in [0.29, 0.717) is 11.1 Å². The van der Waals surface area contributed by atoms with Crippen molar-refractivity contribution in [3.05, 3.63) is 131 Å². The molecule has 5 rings (SSSR count). The lowest BCUT2D eigenvalue weighted by molar-refractivity contribution is 0.0592. The van der Waals surface area contributed by atoms with E-state index in [4.69, 9.17) is 9.47 Å². The van der Waals surface area contributed by atoms with Crippen LogP contribution in [0.25, 0.3) is 22.3 Å². The van der Waals surface area contributed by atoms with Crippen molar-refractivity contribution in [3.8, 4) is 22.3 Å². The third-order valence-electron chi connectivity index (χ3n) is 6.52. The molecule has 0 heterocycles. The van der Waals surface area contributed by atoms with Crippen molar-refractivity contribution in [1.82, 2.24) is 0 Å². The number of hydrogen-bond donors (Lipinski definition) is 2. The van der Waals surface area contributed by atoms with Gasteiger partial charge in [-0.15, -0.1) is 0 Å². The first kappa shape index (κ1) is 27.7. The minimum atomic E-state index is -0.381. The lowest BCUT2D eigenvalue weighted by Gasteiger charge is -2.15.